The molecule has 1 heterocycles. The normalized spacial score (nSPS) is 9.81. The van der Waals surface area contributed by atoms with Crippen LogP contribution in [0.25, 0.3) is 0 Å². The van der Waals surface area contributed by atoms with Crippen LogP contribution >= 0.6 is 0 Å². The molecular formula is C12H8FNO2. The van der Waals surface area contributed by atoms with E-state index in [1.54, 1.807) is 18.2 Å². The standard InChI is InChI=1S/C12H8FNO2/c13-10-4-1-5-11(7-10)16-12-9(8-15)3-2-6-14-12/h1-8H. The van der Waals surface area contributed by atoms with Crippen LogP contribution < -0.4 is 4.74 Å². The number of aldehydes is 1. The van der Waals surface area contributed by atoms with Crippen molar-refractivity contribution in [2.45, 2.75) is 0 Å². The molecule has 0 unspecified atom stereocenters. The Labute approximate surface area is 91.5 Å². The van der Waals surface area contributed by atoms with Gasteiger partial charge in [0.05, 0.1) is 5.56 Å². The summed E-state index contributed by atoms with van der Waals surface area (Å²) >= 11 is 0. The Hall–Kier alpha value is -2.23. The molecule has 3 nitrogen and oxygen atoms in total. The number of hydrogen-bond donors (Lipinski definition) is 0. The number of carbonyl (C=O) groups is 1. The summed E-state index contributed by atoms with van der Waals surface area (Å²) in [5, 5.41) is 0. The summed E-state index contributed by atoms with van der Waals surface area (Å²) in [6, 6.07) is 8.85. The minimum Gasteiger partial charge on any atom is -0.438 e. The molecule has 0 saturated carbocycles. The lowest BCUT2D eigenvalue weighted by atomic mass is 10.3. The highest BCUT2D eigenvalue weighted by molar-refractivity contribution is 5.78. The van der Waals surface area contributed by atoms with E-state index >= 15 is 0 Å². The molecule has 0 N–H and O–H groups in total. The third kappa shape index (κ3) is 2.23. The zero-order chi connectivity index (χ0) is 11.4. The molecule has 1 aromatic heterocycles. The maximum absolute atomic E-state index is 12.9. The van der Waals surface area contributed by atoms with Gasteiger partial charge < -0.3 is 4.74 Å². The summed E-state index contributed by atoms with van der Waals surface area (Å²) in [5.74, 6) is 0.0750. The first-order valence-corrected chi connectivity index (χ1v) is 4.63. The molecule has 0 radical (unpaired) electrons. The first-order valence-electron chi connectivity index (χ1n) is 4.63. The lowest BCUT2D eigenvalue weighted by Gasteiger charge is -2.05. The zero-order valence-electron chi connectivity index (χ0n) is 8.26. The third-order valence-electron chi connectivity index (χ3n) is 1.94. The first kappa shape index (κ1) is 10.3. The second-order valence-electron chi connectivity index (χ2n) is 3.08. The van der Waals surface area contributed by atoms with E-state index in [0.717, 1.165) is 0 Å². The Kier molecular flexibility index (Phi) is 2.91. The Balaban J connectivity index is 2.30. The average Bonchev–Trinajstić information content (AvgIpc) is 2.30. The summed E-state index contributed by atoms with van der Waals surface area (Å²) in [7, 11) is 0. The average molecular weight is 217 g/mol. The highest BCUT2D eigenvalue weighted by atomic mass is 19.1. The van der Waals surface area contributed by atoms with Crippen molar-refractivity contribution in [2.75, 3.05) is 0 Å². The largest absolute Gasteiger partial charge is 0.438 e. The van der Waals surface area contributed by atoms with E-state index in [-0.39, 0.29) is 5.88 Å². The van der Waals surface area contributed by atoms with Gasteiger partial charge in [-0.1, -0.05) is 6.07 Å². The summed E-state index contributed by atoms with van der Waals surface area (Å²) in [4.78, 5) is 14.6. The molecule has 0 fully saturated rings. The first-order chi connectivity index (χ1) is 7.79. The van der Waals surface area contributed by atoms with Gasteiger partial charge in [-0.05, 0) is 24.3 Å². The number of nitrogens with zero attached hydrogens (tertiary/aromatic N) is 1. The Bertz CT molecular complexity index is 514. The summed E-state index contributed by atoms with van der Waals surface area (Å²) in [5.41, 5.74) is 0.326. The molecule has 0 bridgehead atoms. The van der Waals surface area contributed by atoms with Gasteiger partial charge in [-0.15, -0.1) is 0 Å². The molecule has 1 aromatic carbocycles. The molecule has 4 heteroatoms. The minimum atomic E-state index is -0.402. The van der Waals surface area contributed by atoms with Gasteiger partial charge in [-0.25, -0.2) is 9.37 Å². The Morgan fingerprint density at radius 1 is 1.25 bits per heavy atom. The highest BCUT2D eigenvalue weighted by Gasteiger charge is 2.05. The highest BCUT2D eigenvalue weighted by Crippen LogP contribution is 2.22. The second-order valence-corrected chi connectivity index (χ2v) is 3.08. The van der Waals surface area contributed by atoms with Gasteiger partial charge in [0.25, 0.3) is 0 Å². The molecule has 0 aliphatic carbocycles. The SMILES string of the molecule is O=Cc1cccnc1Oc1cccc(F)c1. The van der Waals surface area contributed by atoms with Crippen LogP contribution in [0.15, 0.2) is 42.6 Å². The van der Waals surface area contributed by atoms with Gasteiger partial charge in [-0.2, -0.15) is 0 Å². The molecule has 0 amide bonds. The molecule has 2 rings (SSSR count). The maximum Gasteiger partial charge on any atom is 0.229 e. The fraction of sp³-hybridized carbons (Fsp3) is 0. The summed E-state index contributed by atoms with van der Waals surface area (Å²) in [6.07, 6.45) is 2.14. The molecule has 0 aliphatic rings. The predicted octanol–water partition coefficient (Wildman–Crippen LogP) is 2.83. The van der Waals surface area contributed by atoms with E-state index in [9.17, 15) is 9.18 Å². The van der Waals surface area contributed by atoms with Crippen molar-refractivity contribution in [1.29, 1.82) is 0 Å². The van der Waals surface area contributed by atoms with Crippen molar-refractivity contribution in [3.8, 4) is 11.6 Å². The zero-order valence-corrected chi connectivity index (χ0v) is 8.26. The lowest BCUT2D eigenvalue weighted by molar-refractivity contribution is 0.112. The minimum absolute atomic E-state index is 0.170. The number of ether oxygens (including phenoxy) is 1. The van der Waals surface area contributed by atoms with Crippen LogP contribution in [0, 0.1) is 5.82 Å². The van der Waals surface area contributed by atoms with Gasteiger partial charge in [0.1, 0.15) is 11.6 Å². The van der Waals surface area contributed by atoms with Crippen LogP contribution in [0.3, 0.4) is 0 Å². The molecular weight excluding hydrogens is 209 g/mol. The number of pyridine rings is 1. The number of rotatable bonds is 3. The van der Waals surface area contributed by atoms with Crippen LogP contribution in [0.4, 0.5) is 4.39 Å². The van der Waals surface area contributed by atoms with Crippen molar-refractivity contribution >= 4 is 6.29 Å². The van der Waals surface area contributed by atoms with Crippen molar-refractivity contribution in [3.05, 3.63) is 54.0 Å². The summed E-state index contributed by atoms with van der Waals surface area (Å²) in [6.45, 7) is 0. The van der Waals surface area contributed by atoms with Crippen molar-refractivity contribution < 1.29 is 13.9 Å². The van der Waals surface area contributed by atoms with Gasteiger partial charge in [-0.3, -0.25) is 4.79 Å². The molecule has 0 aliphatic heterocycles. The third-order valence-corrected chi connectivity index (χ3v) is 1.94. The summed E-state index contributed by atoms with van der Waals surface area (Å²) < 4.78 is 18.2. The van der Waals surface area contributed by atoms with Crippen molar-refractivity contribution in [1.82, 2.24) is 4.98 Å². The van der Waals surface area contributed by atoms with Crippen LogP contribution in [0.5, 0.6) is 11.6 Å². The van der Waals surface area contributed by atoms with Crippen LogP contribution in [0.1, 0.15) is 10.4 Å². The predicted molar refractivity (Wildman–Crippen MR) is 56.1 cm³/mol. The van der Waals surface area contributed by atoms with Gasteiger partial charge >= 0.3 is 0 Å². The molecule has 0 saturated heterocycles. The van der Waals surface area contributed by atoms with Gasteiger partial charge in [0.2, 0.25) is 5.88 Å². The smallest absolute Gasteiger partial charge is 0.229 e. The van der Waals surface area contributed by atoms with Crippen molar-refractivity contribution in [3.63, 3.8) is 0 Å². The maximum atomic E-state index is 12.9. The second kappa shape index (κ2) is 4.53. The van der Waals surface area contributed by atoms with E-state index < -0.39 is 5.82 Å². The van der Waals surface area contributed by atoms with Crippen LogP contribution in [-0.2, 0) is 0 Å². The fourth-order valence-corrected chi connectivity index (χ4v) is 1.22. The molecule has 16 heavy (non-hydrogen) atoms. The number of carbonyl (C=O) groups excluding carboxylic acids is 1. The number of aromatic nitrogens is 1. The molecule has 0 atom stereocenters. The quantitative estimate of drug-likeness (QED) is 0.742. The molecule has 80 valence electrons. The Morgan fingerprint density at radius 2 is 2.12 bits per heavy atom. The van der Waals surface area contributed by atoms with E-state index in [0.29, 0.717) is 17.6 Å². The van der Waals surface area contributed by atoms with E-state index in [2.05, 4.69) is 4.98 Å². The molecule has 2 aromatic rings. The number of hydrogen-bond acceptors (Lipinski definition) is 3. The number of benzene rings is 1. The number of halogens is 1. The lowest BCUT2D eigenvalue weighted by Crippen LogP contribution is -1.93. The van der Waals surface area contributed by atoms with Crippen molar-refractivity contribution in [2.24, 2.45) is 0 Å². The van der Waals surface area contributed by atoms with Gasteiger partial charge in [0.15, 0.2) is 6.29 Å². The van der Waals surface area contributed by atoms with Crippen LogP contribution in [0.2, 0.25) is 0 Å². The Morgan fingerprint density at radius 3 is 2.88 bits per heavy atom. The van der Waals surface area contributed by atoms with Crippen LogP contribution in [-0.4, -0.2) is 11.3 Å². The monoisotopic (exact) mass is 217 g/mol. The van der Waals surface area contributed by atoms with Gasteiger partial charge in [0, 0.05) is 12.3 Å². The fourth-order valence-electron chi connectivity index (χ4n) is 1.22. The van der Waals surface area contributed by atoms with E-state index in [1.807, 2.05) is 0 Å². The van der Waals surface area contributed by atoms with E-state index in [4.69, 9.17) is 4.74 Å². The topological polar surface area (TPSA) is 39.2 Å². The van der Waals surface area contributed by atoms with E-state index in [1.165, 1.54) is 24.4 Å². The molecule has 0 spiro atoms.